The number of amides is 6. The number of nitrogens with zero attached hydrogens (tertiary/aromatic N) is 3. The summed E-state index contributed by atoms with van der Waals surface area (Å²) in [5, 5.41) is 43.9. The fraction of sp³-hybridized carbons (Fsp3) is 0.718. The van der Waals surface area contributed by atoms with Crippen molar-refractivity contribution in [3.63, 3.8) is 0 Å². The van der Waals surface area contributed by atoms with Crippen LogP contribution in [0.4, 0.5) is 0 Å². The molecule has 0 aromatic heterocycles. The Morgan fingerprint density at radius 1 is 0.470 bits per heavy atom. The molecule has 23 N–H and O–H groups in total. The van der Waals surface area contributed by atoms with E-state index < -0.39 is 109 Å². The molecule has 0 aromatic rings. The monoisotopic (exact) mass is 943 g/mol. The average molecular weight is 943 g/mol. The lowest BCUT2D eigenvalue weighted by atomic mass is 10.0. The molecule has 0 bridgehead atoms. The Bertz CT molecular complexity index is 1700. The lowest BCUT2D eigenvalue weighted by molar-refractivity contribution is -0.144. The quantitative estimate of drug-likeness (QED) is 0.0166. The van der Waals surface area contributed by atoms with Gasteiger partial charge in [-0.1, -0.05) is 27.7 Å². The molecule has 66 heavy (non-hydrogen) atoms. The number of carboxylic acids is 2. The standard InChI is InChI=1S/C39H74N16O11/c1-19(2)17-22(40)30(59)50-23(9-6-14-47-37(41)42)31(60)51-24(10-7-15-48-38(43)44)32(61)52-25(11-8-16-49-39(45)46)33(62)54-27(18-20(3)4)34(63)55-29(21(5)56)35(64)53-26(36(65)66)12-13-28(57)58/h19-27,29,56H,6-18,40H2,1-5H3,(H,50,59)(H,51,60)(H,52,61)(H,53,64)(H,54,62)(H,55,63)(H,57,58)(H,65,66)(H4,41,42,47)(H4,43,44,48)(H4,45,46,49)/t21-,22+,23+,24+,25+,26+,27+,29+/m1/s1. The molecular formula is C39H74N16O11. The van der Waals surface area contributed by atoms with Crippen LogP contribution in [0.3, 0.4) is 0 Å². The van der Waals surface area contributed by atoms with E-state index in [0.717, 1.165) is 6.92 Å². The molecule has 27 nitrogen and oxygen atoms in total. The number of guanidine groups is 3. The zero-order valence-electron chi connectivity index (χ0n) is 38.5. The minimum atomic E-state index is -1.75. The number of aliphatic hydroxyl groups excluding tert-OH is 1. The van der Waals surface area contributed by atoms with Gasteiger partial charge in [0.15, 0.2) is 17.9 Å². The Morgan fingerprint density at radius 2 is 0.818 bits per heavy atom. The summed E-state index contributed by atoms with van der Waals surface area (Å²) in [5.41, 5.74) is 38.9. The van der Waals surface area contributed by atoms with Gasteiger partial charge in [-0.25, -0.2) is 4.79 Å². The summed E-state index contributed by atoms with van der Waals surface area (Å²) in [5.74, 6) is -8.97. The first-order valence-corrected chi connectivity index (χ1v) is 21.6. The van der Waals surface area contributed by atoms with Gasteiger partial charge in [0, 0.05) is 26.1 Å². The number of aliphatic imine (C=N–C) groups is 3. The summed E-state index contributed by atoms with van der Waals surface area (Å²) in [4.78, 5) is 117. The van der Waals surface area contributed by atoms with Crippen LogP contribution in [0.2, 0.25) is 0 Å². The zero-order chi connectivity index (χ0) is 50.7. The molecule has 0 fully saturated rings. The predicted molar refractivity (Wildman–Crippen MR) is 244 cm³/mol. The van der Waals surface area contributed by atoms with Crippen molar-refractivity contribution in [2.24, 2.45) is 66.9 Å². The van der Waals surface area contributed by atoms with Gasteiger partial charge in [-0.05, 0) is 76.5 Å². The molecular weight excluding hydrogens is 869 g/mol. The van der Waals surface area contributed by atoms with E-state index in [-0.39, 0.29) is 94.3 Å². The molecule has 0 aliphatic heterocycles. The number of hydrogen-bond donors (Lipinski definition) is 16. The van der Waals surface area contributed by atoms with E-state index in [9.17, 15) is 48.6 Å². The topological polar surface area (TPSA) is 489 Å². The molecule has 0 unspecified atom stereocenters. The van der Waals surface area contributed by atoms with Gasteiger partial charge in [0.1, 0.15) is 36.3 Å². The SMILES string of the molecule is CC(C)C[C@H](NC(=O)[C@H](CCCN=C(N)N)NC(=O)[C@H](CCCN=C(N)N)NC(=O)[C@H](CCCN=C(N)N)NC(=O)[C@@H](N)CC(C)C)C(=O)N[C@H](C(=O)N[C@@H](CCC(=O)O)C(=O)O)[C@@H](C)O. The highest BCUT2D eigenvalue weighted by molar-refractivity contribution is 5.97. The van der Waals surface area contributed by atoms with Crippen LogP contribution in [0.25, 0.3) is 0 Å². The Kier molecular flexibility index (Phi) is 28.3. The first-order chi connectivity index (χ1) is 30.7. The number of carboxylic acid groups (broad SMARTS) is 2. The number of carbonyl (C=O) groups is 8. The van der Waals surface area contributed by atoms with E-state index in [4.69, 9.17) is 45.2 Å². The molecule has 6 amide bonds. The number of rotatable bonds is 33. The maximum atomic E-state index is 14.1. The summed E-state index contributed by atoms with van der Waals surface area (Å²) in [7, 11) is 0. The van der Waals surface area contributed by atoms with Crippen molar-refractivity contribution >= 4 is 65.3 Å². The van der Waals surface area contributed by atoms with Crippen LogP contribution in [0.15, 0.2) is 15.0 Å². The second kappa shape index (κ2) is 31.4. The van der Waals surface area contributed by atoms with Crippen LogP contribution >= 0.6 is 0 Å². The first kappa shape index (κ1) is 59.5. The number of nitrogens with one attached hydrogen (secondary N) is 6. The molecule has 0 heterocycles. The van der Waals surface area contributed by atoms with Crippen molar-refractivity contribution in [1.82, 2.24) is 31.9 Å². The molecule has 0 aromatic carbocycles. The minimum absolute atomic E-state index is 0.0196. The molecule has 0 rings (SSSR count). The third-order valence-corrected chi connectivity index (χ3v) is 9.46. The van der Waals surface area contributed by atoms with Crippen molar-refractivity contribution < 1.29 is 53.7 Å². The number of hydrogen-bond acceptors (Lipinski definition) is 13. The number of aliphatic hydroxyl groups is 1. The largest absolute Gasteiger partial charge is 0.481 e. The fourth-order valence-electron chi connectivity index (χ4n) is 6.18. The van der Waals surface area contributed by atoms with Crippen molar-refractivity contribution in [3.05, 3.63) is 0 Å². The molecule has 0 saturated carbocycles. The summed E-state index contributed by atoms with van der Waals surface area (Å²) < 4.78 is 0. The van der Waals surface area contributed by atoms with Crippen LogP contribution < -0.4 is 72.0 Å². The van der Waals surface area contributed by atoms with E-state index in [1.54, 1.807) is 13.8 Å². The van der Waals surface area contributed by atoms with Crippen molar-refractivity contribution in [2.45, 2.75) is 147 Å². The number of nitrogens with two attached hydrogens (primary N) is 7. The second-order valence-corrected chi connectivity index (χ2v) is 16.5. The highest BCUT2D eigenvalue weighted by Crippen LogP contribution is 2.11. The van der Waals surface area contributed by atoms with E-state index in [1.807, 2.05) is 13.8 Å². The molecule has 0 aliphatic carbocycles. The van der Waals surface area contributed by atoms with Gasteiger partial charge in [0.05, 0.1) is 12.1 Å². The molecule has 0 aliphatic rings. The maximum absolute atomic E-state index is 14.1. The Morgan fingerprint density at radius 3 is 1.15 bits per heavy atom. The van der Waals surface area contributed by atoms with Gasteiger partial charge in [-0.15, -0.1) is 0 Å². The number of carbonyl (C=O) groups excluding carboxylic acids is 6. The summed E-state index contributed by atoms with van der Waals surface area (Å²) in [6.45, 7) is 8.52. The zero-order valence-corrected chi connectivity index (χ0v) is 38.5. The summed E-state index contributed by atoms with van der Waals surface area (Å²) in [6.07, 6.45) is -2.05. The van der Waals surface area contributed by atoms with E-state index in [0.29, 0.717) is 6.42 Å². The normalized spacial score (nSPS) is 14.6. The lowest BCUT2D eigenvalue weighted by Crippen LogP contribution is -2.61. The average Bonchev–Trinajstić information content (AvgIpc) is 3.19. The Labute approximate surface area is 384 Å². The molecule has 0 saturated heterocycles. The van der Waals surface area contributed by atoms with Crippen LogP contribution in [0.5, 0.6) is 0 Å². The van der Waals surface area contributed by atoms with Crippen LogP contribution in [-0.4, -0.2) is 149 Å². The minimum Gasteiger partial charge on any atom is -0.481 e. The van der Waals surface area contributed by atoms with Crippen molar-refractivity contribution in [2.75, 3.05) is 19.6 Å². The van der Waals surface area contributed by atoms with Crippen molar-refractivity contribution in [3.8, 4) is 0 Å². The first-order valence-electron chi connectivity index (χ1n) is 21.6. The second-order valence-electron chi connectivity index (χ2n) is 16.5. The van der Waals surface area contributed by atoms with Crippen LogP contribution in [0.1, 0.15) is 98.8 Å². The Balaban J connectivity index is 6.79. The smallest absolute Gasteiger partial charge is 0.326 e. The molecule has 8 atom stereocenters. The summed E-state index contributed by atoms with van der Waals surface area (Å²) >= 11 is 0. The highest BCUT2D eigenvalue weighted by Gasteiger charge is 2.35. The maximum Gasteiger partial charge on any atom is 0.326 e. The van der Waals surface area contributed by atoms with Gasteiger partial charge in [-0.2, -0.15) is 0 Å². The predicted octanol–water partition coefficient (Wildman–Crippen LogP) is -5.19. The fourth-order valence-corrected chi connectivity index (χ4v) is 6.18. The summed E-state index contributed by atoms with van der Waals surface area (Å²) in [6, 6.07) is -9.74. The van der Waals surface area contributed by atoms with Crippen LogP contribution in [0, 0.1) is 11.8 Å². The van der Waals surface area contributed by atoms with Crippen molar-refractivity contribution in [1.29, 1.82) is 0 Å². The Hall–Kier alpha value is -6.51. The van der Waals surface area contributed by atoms with Gasteiger partial charge >= 0.3 is 11.9 Å². The number of aliphatic carboxylic acids is 2. The molecule has 27 heteroatoms. The molecule has 0 spiro atoms. The van der Waals surface area contributed by atoms with E-state index in [2.05, 4.69) is 46.9 Å². The van der Waals surface area contributed by atoms with Gasteiger partial charge in [0.25, 0.3) is 0 Å². The van der Waals surface area contributed by atoms with E-state index >= 15 is 0 Å². The molecule has 376 valence electrons. The van der Waals surface area contributed by atoms with E-state index in [1.165, 1.54) is 0 Å². The third kappa shape index (κ3) is 26.3. The van der Waals surface area contributed by atoms with Gasteiger partial charge in [0.2, 0.25) is 35.4 Å². The third-order valence-electron chi connectivity index (χ3n) is 9.46. The molecule has 0 radical (unpaired) electrons. The van der Waals surface area contributed by atoms with Crippen LogP contribution in [-0.2, 0) is 38.4 Å². The van der Waals surface area contributed by atoms with Gasteiger partial charge < -0.3 is 87.4 Å². The highest BCUT2D eigenvalue weighted by atomic mass is 16.4. The lowest BCUT2D eigenvalue weighted by Gasteiger charge is -2.28. The van der Waals surface area contributed by atoms with Gasteiger partial charge in [-0.3, -0.25) is 48.5 Å².